The van der Waals surface area contributed by atoms with Crippen LogP contribution < -0.4 is 10.1 Å². The molecule has 132 valence electrons. The number of esters is 1. The van der Waals surface area contributed by atoms with E-state index in [1.165, 1.54) is 25.1 Å². The molecule has 6 heteroatoms. The van der Waals surface area contributed by atoms with E-state index in [-0.39, 0.29) is 23.9 Å². The van der Waals surface area contributed by atoms with Crippen molar-refractivity contribution in [3.8, 4) is 5.75 Å². The normalized spacial score (nSPS) is 11.5. The van der Waals surface area contributed by atoms with Crippen molar-refractivity contribution in [2.45, 2.75) is 26.6 Å². The van der Waals surface area contributed by atoms with Gasteiger partial charge in [-0.1, -0.05) is 18.2 Å². The minimum Gasteiger partial charge on any atom is -0.489 e. The number of ether oxygens (including phenoxy) is 2. The predicted molar refractivity (Wildman–Crippen MR) is 90.7 cm³/mol. The molecule has 0 saturated heterocycles. The van der Waals surface area contributed by atoms with Gasteiger partial charge < -0.3 is 14.8 Å². The maximum atomic E-state index is 12.9. The first-order valence-electron chi connectivity index (χ1n) is 7.95. The summed E-state index contributed by atoms with van der Waals surface area (Å²) in [6, 6.07) is 12.4. The molecule has 0 aromatic heterocycles. The first kappa shape index (κ1) is 18.4. The monoisotopic (exact) mass is 345 g/mol. The van der Waals surface area contributed by atoms with E-state index in [0.717, 1.165) is 5.56 Å². The number of amides is 1. The molecule has 1 N–H and O–H groups in total. The van der Waals surface area contributed by atoms with Gasteiger partial charge in [-0.25, -0.2) is 9.18 Å². The lowest BCUT2D eigenvalue weighted by molar-refractivity contribution is -0.128. The zero-order chi connectivity index (χ0) is 18.2. The first-order valence-corrected chi connectivity index (χ1v) is 7.95. The molecule has 0 saturated carbocycles. The lowest BCUT2D eigenvalue weighted by atomic mass is 10.2. The van der Waals surface area contributed by atoms with Gasteiger partial charge in [0.1, 0.15) is 18.2 Å². The van der Waals surface area contributed by atoms with Crippen LogP contribution in [0.5, 0.6) is 5.75 Å². The van der Waals surface area contributed by atoms with Gasteiger partial charge in [0.05, 0.1) is 5.56 Å². The Kier molecular flexibility index (Phi) is 6.51. The Bertz CT molecular complexity index is 730. The lowest BCUT2D eigenvalue weighted by Crippen LogP contribution is -2.35. The minimum atomic E-state index is -0.878. The van der Waals surface area contributed by atoms with Crippen molar-refractivity contribution in [2.75, 3.05) is 6.54 Å². The molecule has 0 bridgehead atoms. The van der Waals surface area contributed by atoms with Gasteiger partial charge in [-0.05, 0) is 49.7 Å². The summed E-state index contributed by atoms with van der Waals surface area (Å²) in [6.07, 6.45) is -0.878. The lowest BCUT2D eigenvalue weighted by Gasteiger charge is -2.13. The average Bonchev–Trinajstić information content (AvgIpc) is 2.61. The molecule has 0 fully saturated rings. The summed E-state index contributed by atoms with van der Waals surface area (Å²) in [5.41, 5.74) is 1.09. The van der Waals surface area contributed by atoms with Crippen LogP contribution in [-0.2, 0) is 16.1 Å². The topological polar surface area (TPSA) is 64.6 Å². The Morgan fingerprint density at radius 2 is 1.88 bits per heavy atom. The first-order chi connectivity index (χ1) is 12.0. The molecule has 0 heterocycles. The number of hydrogen-bond acceptors (Lipinski definition) is 4. The fourth-order valence-corrected chi connectivity index (χ4v) is 2.06. The van der Waals surface area contributed by atoms with Crippen molar-refractivity contribution in [1.82, 2.24) is 5.32 Å². The van der Waals surface area contributed by atoms with Gasteiger partial charge in [0, 0.05) is 6.54 Å². The molecule has 2 rings (SSSR count). The van der Waals surface area contributed by atoms with Crippen molar-refractivity contribution in [3.05, 3.63) is 65.5 Å². The van der Waals surface area contributed by atoms with Crippen molar-refractivity contribution in [1.29, 1.82) is 0 Å². The number of rotatable bonds is 7. The van der Waals surface area contributed by atoms with E-state index in [0.29, 0.717) is 12.3 Å². The number of nitrogens with one attached hydrogen (secondary N) is 1. The quantitative estimate of drug-likeness (QED) is 0.783. The summed E-state index contributed by atoms with van der Waals surface area (Å²) in [4.78, 5) is 23.7. The molecule has 1 amide bonds. The van der Waals surface area contributed by atoms with Crippen LogP contribution in [0.15, 0.2) is 48.5 Å². The third-order valence-corrected chi connectivity index (χ3v) is 3.39. The molecule has 0 unspecified atom stereocenters. The summed E-state index contributed by atoms with van der Waals surface area (Å²) in [5.74, 6) is -0.787. The smallest absolute Gasteiger partial charge is 0.339 e. The molecule has 1 atom stereocenters. The second kappa shape index (κ2) is 8.82. The number of carbonyl (C=O) groups is 2. The molecular weight excluding hydrogens is 325 g/mol. The van der Waals surface area contributed by atoms with Crippen LogP contribution in [0.25, 0.3) is 0 Å². The maximum Gasteiger partial charge on any atom is 0.339 e. The van der Waals surface area contributed by atoms with Crippen LogP contribution in [-0.4, -0.2) is 24.5 Å². The Morgan fingerprint density at radius 3 is 2.56 bits per heavy atom. The van der Waals surface area contributed by atoms with E-state index in [2.05, 4.69) is 5.32 Å². The predicted octanol–water partition coefficient (Wildman–Crippen LogP) is 3.09. The van der Waals surface area contributed by atoms with Crippen LogP contribution in [0.2, 0.25) is 0 Å². The minimum absolute atomic E-state index is 0.244. The van der Waals surface area contributed by atoms with E-state index in [1.807, 2.05) is 0 Å². The standard InChI is InChI=1S/C19H20FNO4/c1-3-21-18(22)13(2)25-19(23)15-5-4-6-17(11-15)24-12-14-7-9-16(20)10-8-14/h4-11,13H,3,12H2,1-2H3,(H,21,22)/t13-/m1/s1. The SMILES string of the molecule is CCNC(=O)[C@@H](C)OC(=O)c1cccc(OCc2ccc(F)cc2)c1. The zero-order valence-corrected chi connectivity index (χ0v) is 14.1. The summed E-state index contributed by atoms with van der Waals surface area (Å²) < 4.78 is 23.6. The van der Waals surface area contributed by atoms with Crippen LogP contribution >= 0.6 is 0 Å². The van der Waals surface area contributed by atoms with Gasteiger partial charge in [0.2, 0.25) is 0 Å². The van der Waals surface area contributed by atoms with E-state index in [1.54, 1.807) is 37.3 Å². The van der Waals surface area contributed by atoms with Crippen LogP contribution in [0.4, 0.5) is 4.39 Å². The van der Waals surface area contributed by atoms with Gasteiger partial charge in [0.15, 0.2) is 6.10 Å². The summed E-state index contributed by atoms with van der Waals surface area (Å²) in [6.45, 7) is 4.01. The van der Waals surface area contributed by atoms with Crippen LogP contribution in [0.3, 0.4) is 0 Å². The number of carbonyl (C=O) groups excluding carboxylic acids is 2. The highest BCUT2D eigenvalue weighted by Gasteiger charge is 2.18. The van der Waals surface area contributed by atoms with Crippen molar-refractivity contribution in [3.63, 3.8) is 0 Å². The van der Waals surface area contributed by atoms with E-state index in [4.69, 9.17) is 9.47 Å². The Balaban J connectivity index is 1.96. The van der Waals surface area contributed by atoms with Gasteiger partial charge in [-0.2, -0.15) is 0 Å². The number of likely N-dealkylation sites (N-methyl/N-ethyl adjacent to an activating group) is 1. The fourth-order valence-electron chi connectivity index (χ4n) is 2.06. The van der Waals surface area contributed by atoms with Crippen LogP contribution in [0, 0.1) is 5.82 Å². The largest absolute Gasteiger partial charge is 0.489 e. The number of hydrogen-bond donors (Lipinski definition) is 1. The highest BCUT2D eigenvalue weighted by atomic mass is 19.1. The highest BCUT2D eigenvalue weighted by molar-refractivity contribution is 5.92. The van der Waals surface area contributed by atoms with Gasteiger partial charge >= 0.3 is 5.97 Å². The highest BCUT2D eigenvalue weighted by Crippen LogP contribution is 2.16. The van der Waals surface area contributed by atoms with Gasteiger partial charge in [-0.15, -0.1) is 0 Å². The van der Waals surface area contributed by atoms with Gasteiger partial charge in [0.25, 0.3) is 5.91 Å². The summed E-state index contributed by atoms with van der Waals surface area (Å²) in [5, 5.41) is 2.59. The molecular formula is C19H20FNO4. The third kappa shape index (κ3) is 5.60. The molecule has 0 aliphatic rings. The van der Waals surface area contributed by atoms with E-state index in [9.17, 15) is 14.0 Å². The Hall–Kier alpha value is -2.89. The molecule has 25 heavy (non-hydrogen) atoms. The molecule has 2 aromatic rings. The maximum absolute atomic E-state index is 12.9. The zero-order valence-electron chi connectivity index (χ0n) is 14.1. The van der Waals surface area contributed by atoms with Crippen molar-refractivity contribution in [2.24, 2.45) is 0 Å². The van der Waals surface area contributed by atoms with Crippen LogP contribution in [0.1, 0.15) is 29.8 Å². The number of halogens is 1. The third-order valence-electron chi connectivity index (χ3n) is 3.39. The molecule has 5 nitrogen and oxygen atoms in total. The molecule has 0 spiro atoms. The Morgan fingerprint density at radius 1 is 1.16 bits per heavy atom. The van der Waals surface area contributed by atoms with Gasteiger partial charge in [-0.3, -0.25) is 4.79 Å². The van der Waals surface area contributed by atoms with E-state index >= 15 is 0 Å². The summed E-state index contributed by atoms with van der Waals surface area (Å²) in [7, 11) is 0. The Labute approximate surface area is 145 Å². The molecule has 0 aliphatic carbocycles. The molecule has 2 aromatic carbocycles. The molecule has 0 aliphatic heterocycles. The fraction of sp³-hybridized carbons (Fsp3) is 0.263. The second-order valence-corrected chi connectivity index (χ2v) is 5.39. The molecule has 0 radical (unpaired) electrons. The van der Waals surface area contributed by atoms with Crippen molar-refractivity contribution >= 4 is 11.9 Å². The van der Waals surface area contributed by atoms with Crippen molar-refractivity contribution < 1.29 is 23.5 Å². The average molecular weight is 345 g/mol. The number of benzene rings is 2. The summed E-state index contributed by atoms with van der Waals surface area (Å²) >= 11 is 0. The van der Waals surface area contributed by atoms with E-state index < -0.39 is 12.1 Å². The second-order valence-electron chi connectivity index (χ2n) is 5.39.